The van der Waals surface area contributed by atoms with E-state index >= 15 is 0 Å². The molecule has 0 aliphatic carbocycles. The number of pyridine rings is 1. The Morgan fingerprint density at radius 3 is 2.70 bits per heavy atom. The number of rotatable bonds is 1. The van der Waals surface area contributed by atoms with Gasteiger partial charge in [-0.2, -0.15) is 5.10 Å². The Balaban J connectivity index is 1.64. The van der Waals surface area contributed by atoms with Crippen LogP contribution in [-0.2, 0) is 0 Å². The first-order valence-corrected chi connectivity index (χ1v) is 8.29. The first kappa shape index (κ1) is 12.8. The minimum atomic E-state index is -0.0635. The van der Waals surface area contributed by atoms with E-state index in [1.807, 2.05) is 47.6 Å². The van der Waals surface area contributed by atoms with E-state index in [2.05, 4.69) is 29.3 Å². The molecule has 1 unspecified atom stereocenters. The van der Waals surface area contributed by atoms with Gasteiger partial charge in [-0.15, -0.1) is 0 Å². The average molecular weight is 316 g/mol. The highest BCUT2D eigenvalue weighted by atomic mass is 32.2. The van der Waals surface area contributed by atoms with E-state index in [1.165, 1.54) is 0 Å². The van der Waals surface area contributed by atoms with E-state index in [0.717, 1.165) is 32.9 Å². The number of fused-ring (bicyclic) bond motifs is 4. The third-order valence-electron chi connectivity index (χ3n) is 3.94. The molecule has 0 radical (unpaired) electrons. The molecule has 0 amide bonds. The van der Waals surface area contributed by atoms with Gasteiger partial charge >= 0.3 is 0 Å². The molecule has 2 aliphatic heterocycles. The van der Waals surface area contributed by atoms with Gasteiger partial charge in [-0.05, 0) is 12.1 Å². The van der Waals surface area contributed by atoms with Gasteiger partial charge in [0.2, 0.25) is 0 Å². The fraction of sp³-hybridized carbons (Fsp3) is 0.0556. The fourth-order valence-electron chi connectivity index (χ4n) is 2.82. The van der Waals surface area contributed by atoms with Crippen molar-refractivity contribution >= 4 is 39.7 Å². The van der Waals surface area contributed by atoms with E-state index in [4.69, 9.17) is 10.1 Å². The summed E-state index contributed by atoms with van der Waals surface area (Å²) in [5.74, 6) is 0.877. The number of hydrazone groups is 1. The van der Waals surface area contributed by atoms with Crippen LogP contribution in [0.3, 0.4) is 0 Å². The van der Waals surface area contributed by atoms with Crippen LogP contribution in [0.1, 0.15) is 11.1 Å². The third kappa shape index (κ3) is 2.04. The lowest BCUT2D eigenvalue weighted by atomic mass is 10.1. The molecule has 3 aromatic rings. The van der Waals surface area contributed by atoms with Gasteiger partial charge in [0.1, 0.15) is 5.04 Å². The van der Waals surface area contributed by atoms with Crippen molar-refractivity contribution in [2.75, 3.05) is 5.01 Å². The molecule has 0 saturated carbocycles. The van der Waals surface area contributed by atoms with Gasteiger partial charge in [0.15, 0.2) is 11.3 Å². The standard InChI is InChI=1S/C18H12N4S/c1-2-6-12(7-3-1)17-21-22-16-14(11-19-18(22)23-17)10-13-8-4-5-9-15(13)20-16/h1-11,18H. The van der Waals surface area contributed by atoms with E-state index in [9.17, 15) is 0 Å². The minimum Gasteiger partial charge on any atom is -0.255 e. The van der Waals surface area contributed by atoms with Crippen LogP contribution in [0.5, 0.6) is 0 Å². The van der Waals surface area contributed by atoms with Crippen LogP contribution in [0.4, 0.5) is 5.82 Å². The maximum Gasteiger partial charge on any atom is 0.196 e. The normalized spacial score (nSPS) is 18.7. The Hall–Kier alpha value is -2.66. The zero-order chi connectivity index (χ0) is 15.2. The van der Waals surface area contributed by atoms with Crippen LogP contribution >= 0.6 is 11.8 Å². The van der Waals surface area contributed by atoms with E-state index in [1.54, 1.807) is 11.8 Å². The maximum absolute atomic E-state index is 4.80. The number of aromatic nitrogens is 1. The van der Waals surface area contributed by atoms with Gasteiger partial charge in [-0.1, -0.05) is 60.3 Å². The fourth-order valence-corrected chi connectivity index (χ4v) is 3.79. The summed E-state index contributed by atoms with van der Waals surface area (Å²) < 4.78 is 0. The quantitative estimate of drug-likeness (QED) is 0.684. The second kappa shape index (κ2) is 4.93. The molecule has 0 N–H and O–H groups in total. The van der Waals surface area contributed by atoms with Gasteiger partial charge < -0.3 is 0 Å². The molecule has 5 heteroatoms. The smallest absolute Gasteiger partial charge is 0.196 e. The molecule has 2 aliphatic rings. The summed E-state index contributed by atoms with van der Waals surface area (Å²) in [7, 11) is 0. The van der Waals surface area contributed by atoms with Crippen LogP contribution in [-0.4, -0.2) is 21.7 Å². The summed E-state index contributed by atoms with van der Waals surface area (Å²) >= 11 is 1.65. The van der Waals surface area contributed by atoms with E-state index in [-0.39, 0.29) is 5.50 Å². The van der Waals surface area contributed by atoms with Crippen molar-refractivity contribution in [2.45, 2.75) is 5.50 Å². The SMILES string of the molecule is C1=NC2SC(c3ccccc3)=NN2c2nc3ccccc3cc21. The molecule has 23 heavy (non-hydrogen) atoms. The molecule has 3 heterocycles. The number of para-hydroxylation sites is 1. The molecule has 0 spiro atoms. The number of benzene rings is 2. The molecule has 1 aromatic heterocycles. The van der Waals surface area contributed by atoms with Gasteiger partial charge in [0.25, 0.3) is 0 Å². The first-order chi connectivity index (χ1) is 11.4. The highest BCUT2D eigenvalue weighted by Gasteiger charge is 2.33. The Kier molecular flexibility index (Phi) is 2.75. The molecular weight excluding hydrogens is 304 g/mol. The molecule has 1 atom stereocenters. The molecule has 2 aromatic carbocycles. The molecule has 4 nitrogen and oxygen atoms in total. The summed E-state index contributed by atoms with van der Waals surface area (Å²) in [4.78, 5) is 9.43. The lowest BCUT2D eigenvalue weighted by Gasteiger charge is -2.23. The van der Waals surface area contributed by atoms with Crippen molar-refractivity contribution in [1.82, 2.24) is 4.98 Å². The highest BCUT2D eigenvalue weighted by Crippen LogP contribution is 2.38. The van der Waals surface area contributed by atoms with Gasteiger partial charge in [-0.3, -0.25) is 4.99 Å². The maximum atomic E-state index is 4.80. The lowest BCUT2D eigenvalue weighted by molar-refractivity contribution is 0.810. The van der Waals surface area contributed by atoms with E-state index in [0.29, 0.717) is 0 Å². The molecule has 0 fully saturated rings. The predicted molar refractivity (Wildman–Crippen MR) is 96.2 cm³/mol. The summed E-state index contributed by atoms with van der Waals surface area (Å²) in [5.41, 5.74) is 3.04. The molecule has 0 saturated heterocycles. The third-order valence-corrected chi connectivity index (χ3v) is 5.01. The monoisotopic (exact) mass is 316 g/mol. The van der Waals surface area contributed by atoms with E-state index < -0.39 is 0 Å². The average Bonchev–Trinajstić information content (AvgIpc) is 3.05. The number of hydrogen-bond acceptors (Lipinski definition) is 5. The minimum absolute atomic E-state index is 0.0635. The number of anilines is 1. The summed E-state index contributed by atoms with van der Waals surface area (Å²) in [5, 5.41) is 8.79. The summed E-state index contributed by atoms with van der Waals surface area (Å²) in [6.45, 7) is 0. The topological polar surface area (TPSA) is 40.9 Å². The lowest BCUT2D eigenvalue weighted by Crippen LogP contribution is -2.27. The highest BCUT2D eigenvalue weighted by molar-refractivity contribution is 8.15. The number of hydrogen-bond donors (Lipinski definition) is 0. The molecular formula is C18H12N4S. The Morgan fingerprint density at radius 2 is 1.78 bits per heavy atom. The first-order valence-electron chi connectivity index (χ1n) is 7.41. The second-order valence-electron chi connectivity index (χ2n) is 5.43. The second-order valence-corrected chi connectivity index (χ2v) is 6.48. The van der Waals surface area contributed by atoms with Crippen LogP contribution in [0.25, 0.3) is 10.9 Å². The van der Waals surface area contributed by atoms with Crippen molar-refractivity contribution in [2.24, 2.45) is 10.1 Å². The largest absolute Gasteiger partial charge is 0.255 e. The van der Waals surface area contributed by atoms with Gasteiger partial charge in [0, 0.05) is 22.7 Å². The Labute approximate surface area is 137 Å². The molecule has 5 rings (SSSR count). The van der Waals surface area contributed by atoms with Crippen LogP contribution in [0.15, 0.2) is 70.8 Å². The predicted octanol–water partition coefficient (Wildman–Crippen LogP) is 3.87. The molecule has 110 valence electrons. The van der Waals surface area contributed by atoms with Crippen molar-refractivity contribution in [3.05, 3.63) is 71.8 Å². The zero-order valence-corrected chi connectivity index (χ0v) is 12.9. The summed E-state index contributed by atoms with van der Waals surface area (Å²) in [6.07, 6.45) is 1.91. The van der Waals surface area contributed by atoms with Gasteiger partial charge in [-0.25, -0.2) is 9.99 Å². The Morgan fingerprint density at radius 1 is 0.957 bits per heavy atom. The Bertz CT molecular complexity index is 965. The van der Waals surface area contributed by atoms with Crippen molar-refractivity contribution in [1.29, 1.82) is 0 Å². The van der Waals surface area contributed by atoms with Crippen molar-refractivity contribution < 1.29 is 0 Å². The van der Waals surface area contributed by atoms with Crippen molar-refractivity contribution in [3.8, 4) is 0 Å². The van der Waals surface area contributed by atoms with Crippen LogP contribution in [0.2, 0.25) is 0 Å². The number of thioether (sulfide) groups is 1. The van der Waals surface area contributed by atoms with Crippen molar-refractivity contribution in [3.63, 3.8) is 0 Å². The summed E-state index contributed by atoms with van der Waals surface area (Å²) in [6, 6.07) is 20.5. The molecule has 0 bridgehead atoms. The van der Waals surface area contributed by atoms with Crippen LogP contribution in [0, 0.1) is 0 Å². The number of aliphatic imine (C=N–C) groups is 1. The van der Waals surface area contributed by atoms with Crippen LogP contribution < -0.4 is 5.01 Å². The van der Waals surface area contributed by atoms with Gasteiger partial charge in [0.05, 0.1) is 5.52 Å². The zero-order valence-electron chi connectivity index (χ0n) is 12.1. The number of nitrogens with zero attached hydrogens (tertiary/aromatic N) is 4.